The van der Waals surface area contributed by atoms with Crippen molar-refractivity contribution in [3.05, 3.63) is 56.7 Å². The van der Waals surface area contributed by atoms with Crippen molar-refractivity contribution >= 4 is 23.4 Å². The summed E-state index contributed by atoms with van der Waals surface area (Å²) in [5, 5.41) is 0. The van der Waals surface area contributed by atoms with Gasteiger partial charge >= 0.3 is 11.7 Å². The van der Waals surface area contributed by atoms with Gasteiger partial charge in [-0.25, -0.2) is 9.59 Å². The van der Waals surface area contributed by atoms with Crippen molar-refractivity contribution in [1.29, 1.82) is 0 Å². The maximum absolute atomic E-state index is 12.9. The maximum atomic E-state index is 12.9. The summed E-state index contributed by atoms with van der Waals surface area (Å²) in [4.78, 5) is 53.4. The number of unbranched alkanes of at least 4 members (excludes halogenated alkanes) is 3. The first-order chi connectivity index (χ1) is 14.9. The van der Waals surface area contributed by atoms with E-state index < -0.39 is 29.7 Å². The lowest BCUT2D eigenvalue weighted by Gasteiger charge is -2.24. The van der Waals surface area contributed by atoms with Gasteiger partial charge in [-0.05, 0) is 25.0 Å². The zero-order valence-corrected chi connectivity index (χ0v) is 18.1. The van der Waals surface area contributed by atoms with Crippen molar-refractivity contribution in [2.75, 3.05) is 23.8 Å². The van der Waals surface area contributed by atoms with E-state index in [9.17, 15) is 19.2 Å². The zero-order valence-electron chi connectivity index (χ0n) is 18.1. The number of carbonyl (C=O) groups is 2. The number of rotatable bonds is 11. The van der Waals surface area contributed by atoms with E-state index >= 15 is 0 Å². The molecule has 0 bridgehead atoms. The Morgan fingerprint density at radius 1 is 1.06 bits per heavy atom. The number of carbonyl (C=O) groups excluding carboxylic acids is 2. The molecule has 0 saturated heterocycles. The number of aromatic nitrogens is 2. The van der Waals surface area contributed by atoms with E-state index in [4.69, 9.17) is 10.5 Å². The normalized spacial score (nSPS) is 10.6. The molecule has 31 heavy (non-hydrogen) atoms. The highest BCUT2D eigenvalue weighted by atomic mass is 16.5. The number of nitrogens with two attached hydrogens (primary N) is 1. The van der Waals surface area contributed by atoms with Crippen LogP contribution < -0.4 is 21.9 Å². The molecule has 0 saturated carbocycles. The molecule has 1 heterocycles. The van der Waals surface area contributed by atoms with Gasteiger partial charge in [0.2, 0.25) is 0 Å². The summed E-state index contributed by atoms with van der Waals surface area (Å²) < 4.78 is 6.41. The Kier molecular flexibility index (Phi) is 9.05. The fraction of sp³-hybridized carbons (Fsp3) is 0.455. The van der Waals surface area contributed by atoms with Gasteiger partial charge < -0.3 is 15.4 Å². The summed E-state index contributed by atoms with van der Waals surface area (Å²) in [6, 6.07) is 8.31. The Balaban J connectivity index is 2.30. The number of esters is 1. The van der Waals surface area contributed by atoms with Gasteiger partial charge in [-0.2, -0.15) is 0 Å². The van der Waals surface area contributed by atoms with Crippen LogP contribution in [0.4, 0.5) is 11.5 Å². The molecule has 2 rings (SSSR count). The number of anilines is 2. The van der Waals surface area contributed by atoms with E-state index in [2.05, 4.69) is 4.98 Å². The molecule has 9 heteroatoms. The molecule has 0 aliphatic carbocycles. The molecule has 168 valence electrons. The van der Waals surface area contributed by atoms with Gasteiger partial charge in [0.05, 0.1) is 5.56 Å². The number of nitrogen functional groups attached to an aromatic ring is 1. The number of amides is 1. The maximum Gasteiger partial charge on any atom is 0.338 e. The van der Waals surface area contributed by atoms with E-state index in [1.165, 1.54) is 9.47 Å². The van der Waals surface area contributed by atoms with Crippen molar-refractivity contribution in [2.24, 2.45) is 0 Å². The molecule has 0 spiro atoms. The molecule has 0 aliphatic rings. The van der Waals surface area contributed by atoms with Gasteiger partial charge in [0, 0.05) is 13.1 Å². The van der Waals surface area contributed by atoms with Gasteiger partial charge in [0.15, 0.2) is 12.3 Å². The molecule has 0 atom stereocenters. The van der Waals surface area contributed by atoms with Gasteiger partial charge in [0.1, 0.15) is 5.82 Å². The third kappa shape index (κ3) is 6.31. The number of nitrogens with one attached hydrogen (secondary N) is 1. The Bertz CT molecular complexity index is 997. The molecule has 0 unspecified atom stereocenters. The first kappa shape index (κ1) is 23.9. The van der Waals surface area contributed by atoms with E-state index in [-0.39, 0.29) is 18.1 Å². The standard InChI is InChI=1S/C22H30N4O5/c1-3-5-10-14-25(17(27)15-31-21(29)16-11-8-7-9-12-16)18-19(23)26(13-6-4-2)22(30)24-20(18)28/h7-9,11-12H,3-6,10,13-15,23H2,1-2H3,(H,24,28,30). The summed E-state index contributed by atoms with van der Waals surface area (Å²) in [5.74, 6) is -1.29. The summed E-state index contributed by atoms with van der Waals surface area (Å²) in [7, 11) is 0. The highest BCUT2D eigenvalue weighted by Crippen LogP contribution is 2.19. The number of ether oxygens (including phenoxy) is 1. The second kappa shape index (κ2) is 11.7. The number of aromatic amines is 1. The van der Waals surface area contributed by atoms with Crippen LogP contribution in [-0.4, -0.2) is 34.6 Å². The monoisotopic (exact) mass is 430 g/mol. The molecule has 0 aliphatic heterocycles. The van der Waals surface area contributed by atoms with E-state index in [1.807, 2.05) is 13.8 Å². The third-order valence-electron chi connectivity index (χ3n) is 4.84. The zero-order chi connectivity index (χ0) is 22.8. The topological polar surface area (TPSA) is 127 Å². The molecule has 0 fully saturated rings. The van der Waals surface area contributed by atoms with Gasteiger partial charge in [0.25, 0.3) is 11.5 Å². The summed E-state index contributed by atoms with van der Waals surface area (Å²) in [6.45, 7) is 3.97. The quantitative estimate of drug-likeness (QED) is 0.416. The van der Waals surface area contributed by atoms with Crippen LogP contribution in [0.2, 0.25) is 0 Å². The molecule has 1 amide bonds. The fourth-order valence-corrected chi connectivity index (χ4v) is 3.12. The number of H-pyrrole nitrogens is 1. The second-order valence-electron chi connectivity index (χ2n) is 7.19. The first-order valence-corrected chi connectivity index (χ1v) is 10.6. The summed E-state index contributed by atoms with van der Waals surface area (Å²) in [5.41, 5.74) is 5.03. The second-order valence-corrected chi connectivity index (χ2v) is 7.19. The van der Waals surface area contributed by atoms with Crippen LogP contribution in [-0.2, 0) is 16.1 Å². The van der Waals surface area contributed by atoms with Crippen molar-refractivity contribution in [1.82, 2.24) is 9.55 Å². The Morgan fingerprint density at radius 3 is 2.39 bits per heavy atom. The van der Waals surface area contributed by atoms with Crippen LogP contribution in [0.25, 0.3) is 0 Å². The van der Waals surface area contributed by atoms with Crippen LogP contribution in [0.3, 0.4) is 0 Å². The lowest BCUT2D eigenvalue weighted by atomic mass is 10.2. The highest BCUT2D eigenvalue weighted by Gasteiger charge is 2.25. The van der Waals surface area contributed by atoms with Crippen LogP contribution in [0, 0.1) is 0 Å². The fourth-order valence-electron chi connectivity index (χ4n) is 3.12. The van der Waals surface area contributed by atoms with Gasteiger partial charge in [-0.15, -0.1) is 0 Å². The SMILES string of the molecule is CCCCCN(C(=O)COC(=O)c1ccccc1)c1c(N)n(CCCC)c(=O)[nH]c1=O. The van der Waals surface area contributed by atoms with E-state index in [1.54, 1.807) is 30.3 Å². The van der Waals surface area contributed by atoms with Crippen LogP contribution in [0.1, 0.15) is 56.3 Å². The number of hydrogen-bond acceptors (Lipinski definition) is 6. The molecular formula is C22H30N4O5. The summed E-state index contributed by atoms with van der Waals surface area (Å²) in [6.07, 6.45) is 3.89. The number of benzene rings is 1. The molecule has 3 N–H and O–H groups in total. The average Bonchev–Trinajstić information content (AvgIpc) is 2.76. The van der Waals surface area contributed by atoms with Crippen molar-refractivity contribution in [2.45, 2.75) is 52.5 Å². The first-order valence-electron chi connectivity index (χ1n) is 10.6. The van der Waals surface area contributed by atoms with Crippen molar-refractivity contribution in [3.8, 4) is 0 Å². The Morgan fingerprint density at radius 2 is 1.74 bits per heavy atom. The minimum Gasteiger partial charge on any atom is -0.452 e. The molecular weight excluding hydrogens is 400 g/mol. The highest BCUT2D eigenvalue weighted by molar-refractivity contribution is 5.98. The smallest absolute Gasteiger partial charge is 0.338 e. The molecule has 1 aromatic heterocycles. The van der Waals surface area contributed by atoms with Gasteiger partial charge in [-0.1, -0.05) is 51.3 Å². The van der Waals surface area contributed by atoms with Crippen molar-refractivity contribution in [3.63, 3.8) is 0 Å². The molecule has 2 aromatic rings. The lowest BCUT2D eigenvalue weighted by molar-refractivity contribution is -0.121. The predicted octanol–water partition coefficient (Wildman–Crippen LogP) is 2.30. The van der Waals surface area contributed by atoms with Crippen molar-refractivity contribution < 1.29 is 14.3 Å². The van der Waals surface area contributed by atoms with E-state index in [0.29, 0.717) is 24.9 Å². The largest absolute Gasteiger partial charge is 0.452 e. The van der Waals surface area contributed by atoms with Crippen LogP contribution in [0.5, 0.6) is 0 Å². The molecule has 9 nitrogen and oxygen atoms in total. The van der Waals surface area contributed by atoms with Crippen LogP contribution >= 0.6 is 0 Å². The summed E-state index contributed by atoms with van der Waals surface area (Å²) >= 11 is 0. The van der Waals surface area contributed by atoms with Gasteiger partial charge in [-0.3, -0.25) is 19.1 Å². The minimum absolute atomic E-state index is 0.0681. The lowest BCUT2D eigenvalue weighted by Crippen LogP contribution is -2.43. The Hall–Kier alpha value is -3.36. The van der Waals surface area contributed by atoms with Crippen LogP contribution in [0.15, 0.2) is 39.9 Å². The number of nitrogens with zero attached hydrogens (tertiary/aromatic N) is 2. The van der Waals surface area contributed by atoms with E-state index in [0.717, 1.165) is 19.3 Å². The minimum atomic E-state index is -0.741. The third-order valence-corrected chi connectivity index (χ3v) is 4.84. The predicted molar refractivity (Wildman–Crippen MR) is 119 cm³/mol. The molecule has 0 radical (unpaired) electrons. The average molecular weight is 431 g/mol. The Labute approximate surface area is 180 Å². The number of hydrogen-bond donors (Lipinski definition) is 2. The molecule has 1 aromatic carbocycles.